The zero-order chi connectivity index (χ0) is 28.2. The predicted octanol–water partition coefficient (Wildman–Crippen LogP) is 6.18. The van der Waals surface area contributed by atoms with Gasteiger partial charge in [-0.15, -0.1) is 0 Å². The van der Waals surface area contributed by atoms with Crippen LogP contribution in [0.2, 0.25) is 0 Å². The van der Waals surface area contributed by atoms with Gasteiger partial charge in [0.1, 0.15) is 24.1 Å². The molecule has 0 aliphatic carbocycles. The summed E-state index contributed by atoms with van der Waals surface area (Å²) in [7, 11) is 3.10. The third-order valence-corrected chi connectivity index (χ3v) is 7.38. The van der Waals surface area contributed by atoms with Gasteiger partial charge in [0.25, 0.3) is 5.91 Å². The SMILES string of the molecule is CCCCN(CC(=O)N1c2ccccc2-n2cccc2C1c1cccc(C)c1)C(=O)c1ccc(OC)cc1OC. The molecule has 0 spiro atoms. The highest BCUT2D eigenvalue weighted by molar-refractivity contribution is 6.03. The Morgan fingerprint density at radius 1 is 0.900 bits per heavy atom. The van der Waals surface area contributed by atoms with Crippen molar-refractivity contribution in [1.29, 1.82) is 0 Å². The molecule has 0 fully saturated rings. The number of methoxy groups -OCH3 is 2. The van der Waals surface area contributed by atoms with Gasteiger partial charge in [-0.1, -0.05) is 55.3 Å². The number of aryl methyl sites for hydroxylation is 1. The van der Waals surface area contributed by atoms with E-state index in [1.54, 1.807) is 30.2 Å². The van der Waals surface area contributed by atoms with Crippen molar-refractivity contribution in [2.75, 3.05) is 32.2 Å². The minimum absolute atomic E-state index is 0.0641. The van der Waals surface area contributed by atoms with Crippen LogP contribution < -0.4 is 14.4 Å². The number of ether oxygens (including phenoxy) is 2. The van der Waals surface area contributed by atoms with Crippen molar-refractivity contribution >= 4 is 17.5 Å². The van der Waals surface area contributed by atoms with Crippen LogP contribution in [-0.2, 0) is 4.79 Å². The molecule has 1 atom stereocenters. The van der Waals surface area contributed by atoms with Gasteiger partial charge in [-0.2, -0.15) is 0 Å². The van der Waals surface area contributed by atoms with Crippen molar-refractivity contribution in [3.8, 4) is 17.2 Å². The van der Waals surface area contributed by atoms with E-state index in [1.807, 2.05) is 47.5 Å². The summed E-state index contributed by atoms with van der Waals surface area (Å²) in [5.41, 5.74) is 5.28. The second kappa shape index (κ2) is 11.7. The minimum atomic E-state index is -0.337. The number of para-hydroxylation sites is 2. The monoisotopic (exact) mass is 537 g/mol. The van der Waals surface area contributed by atoms with E-state index in [1.165, 1.54) is 7.11 Å². The van der Waals surface area contributed by atoms with E-state index in [4.69, 9.17) is 9.47 Å². The number of rotatable bonds is 9. The molecule has 4 aromatic rings. The molecule has 7 nitrogen and oxygen atoms in total. The van der Waals surface area contributed by atoms with E-state index in [9.17, 15) is 9.59 Å². The summed E-state index contributed by atoms with van der Waals surface area (Å²) in [6, 6.07) is 25.0. The summed E-state index contributed by atoms with van der Waals surface area (Å²) < 4.78 is 13.0. The molecule has 40 heavy (non-hydrogen) atoms. The van der Waals surface area contributed by atoms with E-state index in [0.29, 0.717) is 23.6 Å². The molecule has 1 aliphatic heterocycles. The quantitative estimate of drug-likeness (QED) is 0.256. The molecule has 0 bridgehead atoms. The maximum Gasteiger partial charge on any atom is 0.258 e. The van der Waals surface area contributed by atoms with Gasteiger partial charge >= 0.3 is 0 Å². The summed E-state index contributed by atoms with van der Waals surface area (Å²) in [5.74, 6) is 0.612. The van der Waals surface area contributed by atoms with Crippen molar-refractivity contribution in [1.82, 2.24) is 9.47 Å². The number of amides is 2. The minimum Gasteiger partial charge on any atom is -0.497 e. The number of nitrogens with zero attached hydrogens (tertiary/aromatic N) is 3. The Balaban J connectivity index is 1.55. The predicted molar refractivity (Wildman–Crippen MR) is 157 cm³/mol. The standard InChI is InChI=1S/C33H35N3O4/c1-5-6-18-34(33(38)26-17-16-25(39-3)21-30(26)40-4)22-31(37)36-28-14-8-7-13-27(28)35-19-10-15-29(35)32(36)24-12-9-11-23(2)20-24/h7-17,19-21,32H,5-6,18,22H2,1-4H3. The fraction of sp³-hybridized carbons (Fsp3) is 0.273. The van der Waals surface area contributed by atoms with Gasteiger partial charge in [0.05, 0.1) is 36.9 Å². The summed E-state index contributed by atoms with van der Waals surface area (Å²) in [4.78, 5) is 31.8. The number of carbonyl (C=O) groups excluding carboxylic acids is 2. The summed E-state index contributed by atoms with van der Waals surface area (Å²) >= 11 is 0. The van der Waals surface area contributed by atoms with Gasteiger partial charge in [0.15, 0.2) is 0 Å². The van der Waals surface area contributed by atoms with E-state index < -0.39 is 0 Å². The lowest BCUT2D eigenvalue weighted by Crippen LogP contribution is -2.47. The Morgan fingerprint density at radius 2 is 1.70 bits per heavy atom. The number of anilines is 1. The first-order valence-electron chi connectivity index (χ1n) is 13.6. The summed E-state index contributed by atoms with van der Waals surface area (Å²) in [5, 5.41) is 0. The molecular formula is C33H35N3O4. The van der Waals surface area contributed by atoms with Gasteiger partial charge in [-0.25, -0.2) is 0 Å². The van der Waals surface area contributed by atoms with E-state index >= 15 is 0 Å². The average molecular weight is 538 g/mol. The maximum atomic E-state index is 14.4. The number of unbranched alkanes of at least 4 members (excludes halogenated alkanes) is 1. The topological polar surface area (TPSA) is 64.0 Å². The molecule has 1 aromatic heterocycles. The van der Waals surface area contributed by atoms with Crippen molar-refractivity contribution in [3.05, 3.63) is 107 Å². The zero-order valence-electron chi connectivity index (χ0n) is 23.5. The van der Waals surface area contributed by atoms with Crippen LogP contribution in [0, 0.1) is 6.92 Å². The molecule has 3 aromatic carbocycles. The lowest BCUT2D eigenvalue weighted by Gasteiger charge is -2.39. The number of hydrogen-bond donors (Lipinski definition) is 0. The van der Waals surface area contributed by atoms with Crippen LogP contribution in [0.25, 0.3) is 5.69 Å². The highest BCUT2D eigenvalue weighted by Crippen LogP contribution is 2.42. The molecule has 1 unspecified atom stereocenters. The Bertz CT molecular complexity index is 1530. The summed E-state index contributed by atoms with van der Waals surface area (Å²) in [6.45, 7) is 4.52. The highest BCUT2D eigenvalue weighted by Gasteiger charge is 2.37. The van der Waals surface area contributed by atoms with Gasteiger partial charge in [0, 0.05) is 18.8 Å². The lowest BCUT2D eigenvalue weighted by molar-refractivity contribution is -0.119. The Hall–Kier alpha value is -4.52. The van der Waals surface area contributed by atoms with Gasteiger partial charge in [-0.05, 0) is 55.3 Å². The smallest absolute Gasteiger partial charge is 0.258 e. The zero-order valence-corrected chi connectivity index (χ0v) is 23.5. The Morgan fingerprint density at radius 3 is 2.42 bits per heavy atom. The Labute approximate surface area is 235 Å². The van der Waals surface area contributed by atoms with Gasteiger partial charge < -0.3 is 18.9 Å². The van der Waals surface area contributed by atoms with Crippen molar-refractivity contribution in [3.63, 3.8) is 0 Å². The number of hydrogen-bond acceptors (Lipinski definition) is 4. The molecule has 1 aliphatic rings. The third kappa shape index (κ3) is 5.07. The highest BCUT2D eigenvalue weighted by atomic mass is 16.5. The van der Waals surface area contributed by atoms with Crippen LogP contribution >= 0.6 is 0 Å². The molecule has 0 saturated heterocycles. The molecule has 0 radical (unpaired) electrons. The van der Waals surface area contributed by atoms with E-state index in [-0.39, 0.29) is 24.4 Å². The molecule has 0 N–H and O–H groups in total. The lowest BCUT2D eigenvalue weighted by atomic mass is 9.96. The number of benzene rings is 3. The van der Waals surface area contributed by atoms with Crippen LogP contribution in [-0.4, -0.2) is 48.6 Å². The molecule has 206 valence electrons. The fourth-order valence-corrected chi connectivity index (χ4v) is 5.40. The van der Waals surface area contributed by atoms with Crippen LogP contribution in [0.1, 0.15) is 53.0 Å². The van der Waals surface area contributed by atoms with Gasteiger partial charge in [-0.3, -0.25) is 14.5 Å². The van der Waals surface area contributed by atoms with Crippen LogP contribution in [0.5, 0.6) is 11.5 Å². The number of carbonyl (C=O) groups is 2. The summed E-state index contributed by atoms with van der Waals surface area (Å²) in [6.07, 6.45) is 3.70. The average Bonchev–Trinajstić information content (AvgIpc) is 3.47. The van der Waals surface area contributed by atoms with Crippen LogP contribution in [0.15, 0.2) is 85.1 Å². The van der Waals surface area contributed by atoms with Crippen LogP contribution in [0.4, 0.5) is 5.69 Å². The maximum absolute atomic E-state index is 14.4. The number of fused-ring (bicyclic) bond motifs is 3. The largest absolute Gasteiger partial charge is 0.497 e. The molecule has 5 rings (SSSR count). The van der Waals surface area contributed by atoms with E-state index in [2.05, 4.69) is 42.7 Å². The molecule has 2 heterocycles. The van der Waals surface area contributed by atoms with E-state index in [0.717, 1.165) is 41.0 Å². The second-order valence-electron chi connectivity index (χ2n) is 10.0. The van der Waals surface area contributed by atoms with Crippen LogP contribution in [0.3, 0.4) is 0 Å². The van der Waals surface area contributed by atoms with Gasteiger partial charge in [0.2, 0.25) is 5.91 Å². The molecular weight excluding hydrogens is 502 g/mol. The fourth-order valence-electron chi connectivity index (χ4n) is 5.40. The van der Waals surface area contributed by atoms with Crippen molar-refractivity contribution in [2.24, 2.45) is 0 Å². The molecule has 0 saturated carbocycles. The molecule has 7 heteroatoms. The first kappa shape index (κ1) is 27.1. The van der Waals surface area contributed by atoms with Crippen molar-refractivity contribution in [2.45, 2.75) is 32.7 Å². The van der Waals surface area contributed by atoms with Crippen molar-refractivity contribution < 1.29 is 19.1 Å². The number of aromatic nitrogens is 1. The second-order valence-corrected chi connectivity index (χ2v) is 10.0. The Kier molecular flexibility index (Phi) is 7.91. The third-order valence-electron chi connectivity index (χ3n) is 7.38. The first-order chi connectivity index (χ1) is 19.5. The molecule has 2 amide bonds. The normalized spacial score (nSPS) is 13.8. The first-order valence-corrected chi connectivity index (χ1v) is 13.6.